The van der Waals surface area contributed by atoms with Crippen molar-refractivity contribution in [1.29, 1.82) is 5.26 Å². The highest BCUT2D eigenvalue weighted by Crippen LogP contribution is 2.30. The number of aromatic nitrogens is 2. The van der Waals surface area contributed by atoms with Crippen LogP contribution >= 0.6 is 0 Å². The lowest BCUT2D eigenvalue weighted by molar-refractivity contribution is 0.102. The summed E-state index contributed by atoms with van der Waals surface area (Å²) in [7, 11) is 3.76. The Balaban J connectivity index is 1.38. The largest absolute Gasteiger partial charge is 0.497 e. The molecule has 0 radical (unpaired) electrons. The van der Waals surface area contributed by atoms with E-state index in [4.69, 9.17) is 9.72 Å². The summed E-state index contributed by atoms with van der Waals surface area (Å²) in [5.74, 6) is 1.42. The molecule has 1 aromatic heterocycles. The predicted molar refractivity (Wildman–Crippen MR) is 157 cm³/mol. The van der Waals surface area contributed by atoms with Gasteiger partial charge in [0.2, 0.25) is 5.95 Å². The molecule has 0 spiro atoms. The average Bonchev–Trinajstić information content (AvgIpc) is 2.98. The third kappa shape index (κ3) is 6.77. The van der Waals surface area contributed by atoms with Crippen molar-refractivity contribution in [3.8, 4) is 11.8 Å². The molecule has 1 atom stereocenters. The number of anilines is 3. The summed E-state index contributed by atoms with van der Waals surface area (Å²) in [4.78, 5) is 29.9. The van der Waals surface area contributed by atoms with Gasteiger partial charge in [0.05, 0.1) is 25.3 Å². The fourth-order valence-electron chi connectivity index (χ4n) is 5.16. The molecular formula is C29H37N9O2. The summed E-state index contributed by atoms with van der Waals surface area (Å²) < 4.78 is 5.47. The number of hydrogen-bond donors (Lipinski definition) is 3. The van der Waals surface area contributed by atoms with E-state index in [-0.39, 0.29) is 17.6 Å². The fraction of sp³-hybridized carbons (Fsp3) is 0.448. The van der Waals surface area contributed by atoms with Crippen molar-refractivity contribution in [1.82, 2.24) is 25.1 Å². The number of piperazine rings is 2. The normalized spacial score (nSPS) is 18.3. The molecule has 0 unspecified atom stereocenters. The summed E-state index contributed by atoms with van der Waals surface area (Å²) in [5, 5.41) is 20.9. The van der Waals surface area contributed by atoms with Crippen LogP contribution in [0.1, 0.15) is 16.9 Å². The van der Waals surface area contributed by atoms with E-state index in [1.54, 1.807) is 13.2 Å². The van der Waals surface area contributed by atoms with Crippen molar-refractivity contribution in [2.24, 2.45) is 0 Å². The first kappa shape index (κ1) is 27.6. The number of ether oxygens (including phenoxy) is 1. The van der Waals surface area contributed by atoms with Gasteiger partial charge in [0.1, 0.15) is 17.3 Å². The molecule has 0 saturated carbocycles. The molecule has 40 heavy (non-hydrogen) atoms. The van der Waals surface area contributed by atoms with Gasteiger partial charge in [-0.15, -0.1) is 0 Å². The third-order valence-corrected chi connectivity index (χ3v) is 7.49. The topological polar surface area (TPSA) is 122 Å². The Morgan fingerprint density at radius 1 is 1.15 bits per heavy atom. The van der Waals surface area contributed by atoms with E-state index < -0.39 is 0 Å². The number of nitrogens with one attached hydrogen (secondary N) is 3. The van der Waals surface area contributed by atoms with Crippen LogP contribution in [0.25, 0.3) is 10.8 Å². The van der Waals surface area contributed by atoms with Gasteiger partial charge in [0.25, 0.3) is 5.91 Å². The van der Waals surface area contributed by atoms with Crippen LogP contribution in [-0.2, 0) is 0 Å². The summed E-state index contributed by atoms with van der Waals surface area (Å²) in [6, 6.07) is 15.6. The smallest absolute Gasteiger partial charge is 0.274 e. The standard InChI is InChI=1S/C29H37N9O2/c1-36-13-15-37(16-14-36)11-9-32-29-34-26(19-27(35-29)38-12-10-31-22(20-38)7-8-30)28(39)33-25-18-23(40-2)17-21-5-3-4-6-24(21)25/h3-6,17-19,22,31H,7,9-16,20H2,1-2H3,(H,33,39)(H,32,34,35)/t22-/m0/s1. The van der Waals surface area contributed by atoms with Gasteiger partial charge in [0, 0.05) is 82.5 Å². The number of nitriles is 1. The molecule has 0 bridgehead atoms. The Bertz CT molecular complexity index is 1370. The van der Waals surface area contributed by atoms with Gasteiger partial charge in [-0.3, -0.25) is 9.69 Å². The zero-order chi connectivity index (χ0) is 27.9. The molecule has 2 saturated heterocycles. The minimum absolute atomic E-state index is 0.0442. The highest BCUT2D eigenvalue weighted by Gasteiger charge is 2.23. The molecule has 2 fully saturated rings. The lowest BCUT2D eigenvalue weighted by Crippen LogP contribution is -2.51. The van der Waals surface area contributed by atoms with Crippen molar-refractivity contribution < 1.29 is 9.53 Å². The van der Waals surface area contributed by atoms with Gasteiger partial charge in [-0.2, -0.15) is 10.2 Å². The van der Waals surface area contributed by atoms with E-state index in [0.717, 1.165) is 56.6 Å². The SMILES string of the molecule is COc1cc(NC(=O)c2cc(N3CCN[C@@H](CC#N)C3)nc(NCCN3CCN(C)CC3)n2)c2ccccc2c1. The van der Waals surface area contributed by atoms with Crippen molar-refractivity contribution >= 4 is 34.1 Å². The minimum Gasteiger partial charge on any atom is -0.497 e. The number of hydrogen-bond acceptors (Lipinski definition) is 10. The van der Waals surface area contributed by atoms with E-state index in [9.17, 15) is 10.1 Å². The number of benzene rings is 2. The van der Waals surface area contributed by atoms with Crippen LogP contribution in [0.3, 0.4) is 0 Å². The molecule has 2 aliphatic rings. The zero-order valence-corrected chi connectivity index (χ0v) is 23.2. The number of rotatable bonds is 9. The molecular weight excluding hydrogens is 506 g/mol. The summed E-state index contributed by atoms with van der Waals surface area (Å²) >= 11 is 0. The number of fused-ring (bicyclic) bond motifs is 1. The summed E-state index contributed by atoms with van der Waals surface area (Å²) in [5.41, 5.74) is 0.926. The molecule has 2 aliphatic heterocycles. The maximum atomic E-state index is 13.6. The number of nitrogens with zero attached hydrogens (tertiary/aromatic N) is 6. The number of carbonyl (C=O) groups is 1. The second-order valence-electron chi connectivity index (χ2n) is 10.3. The van der Waals surface area contributed by atoms with Gasteiger partial charge in [-0.1, -0.05) is 24.3 Å². The number of methoxy groups -OCH3 is 1. The molecule has 2 aromatic carbocycles. The van der Waals surface area contributed by atoms with E-state index >= 15 is 0 Å². The van der Waals surface area contributed by atoms with Crippen LogP contribution in [0, 0.1) is 11.3 Å². The van der Waals surface area contributed by atoms with Crippen molar-refractivity contribution in [2.45, 2.75) is 12.5 Å². The highest BCUT2D eigenvalue weighted by molar-refractivity contribution is 6.09. The van der Waals surface area contributed by atoms with Crippen LogP contribution in [0.15, 0.2) is 42.5 Å². The Morgan fingerprint density at radius 3 is 2.77 bits per heavy atom. The Kier molecular flexibility index (Phi) is 8.91. The van der Waals surface area contributed by atoms with Crippen molar-refractivity contribution in [3.63, 3.8) is 0 Å². The molecule has 11 nitrogen and oxygen atoms in total. The van der Waals surface area contributed by atoms with Crippen LogP contribution in [0.5, 0.6) is 5.75 Å². The van der Waals surface area contributed by atoms with Crippen LogP contribution in [0.4, 0.5) is 17.5 Å². The van der Waals surface area contributed by atoms with E-state index in [1.165, 1.54) is 0 Å². The first-order valence-corrected chi connectivity index (χ1v) is 13.8. The van der Waals surface area contributed by atoms with Gasteiger partial charge >= 0.3 is 0 Å². The maximum Gasteiger partial charge on any atom is 0.274 e. The highest BCUT2D eigenvalue weighted by atomic mass is 16.5. The Labute approximate surface area is 235 Å². The number of carbonyl (C=O) groups excluding carboxylic acids is 1. The van der Waals surface area contributed by atoms with E-state index in [0.29, 0.717) is 42.7 Å². The predicted octanol–water partition coefficient (Wildman–Crippen LogP) is 2.24. The maximum absolute atomic E-state index is 13.6. The molecule has 5 rings (SSSR count). The van der Waals surface area contributed by atoms with Gasteiger partial charge < -0.3 is 30.5 Å². The van der Waals surface area contributed by atoms with Crippen LogP contribution in [0.2, 0.25) is 0 Å². The summed E-state index contributed by atoms with van der Waals surface area (Å²) in [6.07, 6.45) is 0.411. The molecule has 3 heterocycles. The quantitative estimate of drug-likeness (QED) is 0.370. The fourth-order valence-corrected chi connectivity index (χ4v) is 5.16. The lowest BCUT2D eigenvalue weighted by Gasteiger charge is -2.34. The lowest BCUT2D eigenvalue weighted by atomic mass is 10.1. The molecule has 1 amide bonds. The van der Waals surface area contributed by atoms with Crippen LogP contribution < -0.4 is 25.6 Å². The molecule has 3 N–H and O–H groups in total. The second-order valence-corrected chi connectivity index (χ2v) is 10.3. The van der Waals surface area contributed by atoms with Crippen molar-refractivity contribution in [3.05, 3.63) is 48.2 Å². The van der Waals surface area contributed by atoms with Gasteiger partial charge in [-0.25, -0.2) is 4.98 Å². The average molecular weight is 544 g/mol. The van der Waals surface area contributed by atoms with Gasteiger partial charge in [0.15, 0.2) is 0 Å². The number of likely N-dealkylation sites (N-methyl/N-ethyl adjacent to an activating group) is 1. The third-order valence-electron chi connectivity index (χ3n) is 7.49. The number of amides is 1. The van der Waals surface area contributed by atoms with E-state index in [2.05, 4.69) is 48.8 Å². The summed E-state index contributed by atoms with van der Waals surface area (Å²) in [6.45, 7) is 7.81. The van der Waals surface area contributed by atoms with Crippen LogP contribution in [-0.4, -0.2) is 105 Å². The molecule has 11 heteroatoms. The monoisotopic (exact) mass is 543 g/mol. The van der Waals surface area contributed by atoms with Gasteiger partial charge in [-0.05, 0) is 18.5 Å². The van der Waals surface area contributed by atoms with E-state index in [1.807, 2.05) is 36.4 Å². The first-order valence-electron chi connectivity index (χ1n) is 13.8. The zero-order valence-electron chi connectivity index (χ0n) is 23.2. The van der Waals surface area contributed by atoms with Crippen molar-refractivity contribution in [2.75, 3.05) is 88.6 Å². The Hall–Kier alpha value is -3.98. The second kappa shape index (κ2) is 12.9. The minimum atomic E-state index is -0.326. The molecule has 210 valence electrons. The molecule has 3 aromatic rings. The molecule has 0 aliphatic carbocycles. The first-order chi connectivity index (χ1) is 19.5. The Morgan fingerprint density at radius 2 is 1.98 bits per heavy atom.